The summed E-state index contributed by atoms with van der Waals surface area (Å²) in [4.78, 5) is 15.7. The first-order chi connectivity index (χ1) is 13.9. The number of thiazole rings is 1. The van der Waals surface area contributed by atoms with Gasteiger partial charge in [-0.15, -0.1) is 0 Å². The van der Waals surface area contributed by atoms with Gasteiger partial charge in [0.2, 0.25) is 5.13 Å². The van der Waals surface area contributed by atoms with Gasteiger partial charge in [-0.3, -0.25) is 5.43 Å². The Kier molecular flexibility index (Phi) is 5.27. The van der Waals surface area contributed by atoms with Crippen LogP contribution in [0.2, 0.25) is 10.0 Å². The fourth-order valence-corrected chi connectivity index (χ4v) is 3.95. The van der Waals surface area contributed by atoms with Crippen LogP contribution in [-0.2, 0) is 0 Å². The second kappa shape index (κ2) is 7.87. The number of hydrogen-bond donors (Lipinski definition) is 2. The van der Waals surface area contributed by atoms with Crippen molar-refractivity contribution in [2.24, 2.45) is 5.10 Å². The molecule has 2 aromatic heterocycles. The molecular formula is C20H13Cl2N3O3S. The number of furan rings is 1. The number of nitrogens with zero attached hydrogens (tertiary/aromatic N) is 2. The highest BCUT2D eigenvalue weighted by Gasteiger charge is 2.13. The molecule has 2 heterocycles. The number of anilines is 1. The highest BCUT2D eigenvalue weighted by molar-refractivity contribution is 7.22. The summed E-state index contributed by atoms with van der Waals surface area (Å²) in [5.74, 6) is -0.0329. The van der Waals surface area contributed by atoms with Gasteiger partial charge in [0.15, 0.2) is 5.76 Å². The second-order valence-electron chi connectivity index (χ2n) is 6.10. The maximum atomic E-state index is 11.3. The molecule has 4 aromatic rings. The number of halogens is 2. The van der Waals surface area contributed by atoms with Crippen molar-refractivity contribution in [2.75, 3.05) is 5.43 Å². The third-order valence-electron chi connectivity index (χ3n) is 4.11. The van der Waals surface area contributed by atoms with E-state index in [4.69, 9.17) is 27.6 Å². The Balaban J connectivity index is 1.55. The normalized spacial score (nSPS) is 11.8. The van der Waals surface area contributed by atoms with Gasteiger partial charge in [-0.2, -0.15) is 5.10 Å². The SMILES string of the molecule is C/C(=N\Nc1nc2ccc(Cl)cc2s1)c1ccc(-c2ccc(Cl)c(C(=O)O)c2)o1. The number of aromatic nitrogens is 1. The zero-order valence-corrected chi connectivity index (χ0v) is 17.3. The van der Waals surface area contributed by atoms with E-state index in [0.29, 0.717) is 32.9 Å². The summed E-state index contributed by atoms with van der Waals surface area (Å²) >= 11 is 13.4. The van der Waals surface area contributed by atoms with Crippen molar-refractivity contribution in [1.82, 2.24) is 4.98 Å². The van der Waals surface area contributed by atoms with E-state index in [1.54, 1.807) is 31.2 Å². The fourth-order valence-electron chi connectivity index (χ4n) is 2.66. The van der Waals surface area contributed by atoms with E-state index in [9.17, 15) is 9.90 Å². The lowest BCUT2D eigenvalue weighted by atomic mass is 10.1. The van der Waals surface area contributed by atoms with Gasteiger partial charge in [0, 0.05) is 10.6 Å². The highest BCUT2D eigenvalue weighted by Crippen LogP contribution is 2.29. The zero-order valence-electron chi connectivity index (χ0n) is 14.9. The van der Waals surface area contributed by atoms with E-state index in [2.05, 4.69) is 15.5 Å². The molecule has 4 rings (SSSR count). The third-order valence-corrected chi connectivity index (χ3v) is 5.60. The molecule has 0 fully saturated rings. The molecule has 0 saturated heterocycles. The van der Waals surface area contributed by atoms with Crippen LogP contribution in [0.5, 0.6) is 0 Å². The van der Waals surface area contributed by atoms with Crippen molar-refractivity contribution < 1.29 is 14.3 Å². The first kappa shape index (κ1) is 19.4. The molecule has 0 aliphatic heterocycles. The van der Waals surface area contributed by atoms with Crippen LogP contribution in [0.3, 0.4) is 0 Å². The fraction of sp³-hybridized carbons (Fsp3) is 0.0500. The molecule has 2 N–H and O–H groups in total. The standard InChI is InChI=1S/C20H13Cl2N3O3S/c1-10(24-25-20-23-15-5-3-12(21)9-18(15)29-20)16-6-7-17(28-16)11-2-4-14(22)13(8-11)19(26)27/h2-9H,1H3,(H,23,25)(H,26,27)/b24-10+. The van der Waals surface area contributed by atoms with Crippen molar-refractivity contribution in [3.8, 4) is 11.3 Å². The topological polar surface area (TPSA) is 87.7 Å². The summed E-state index contributed by atoms with van der Waals surface area (Å²) in [5.41, 5.74) is 5.01. The monoisotopic (exact) mass is 445 g/mol. The van der Waals surface area contributed by atoms with E-state index in [1.165, 1.54) is 23.5 Å². The number of carbonyl (C=O) groups is 1. The number of nitrogens with one attached hydrogen (secondary N) is 1. The summed E-state index contributed by atoms with van der Waals surface area (Å²) in [6, 6.07) is 13.7. The molecule has 0 amide bonds. The van der Waals surface area contributed by atoms with E-state index >= 15 is 0 Å². The molecule has 29 heavy (non-hydrogen) atoms. The number of carboxylic acid groups (broad SMARTS) is 1. The van der Waals surface area contributed by atoms with Crippen molar-refractivity contribution in [2.45, 2.75) is 6.92 Å². The molecule has 9 heteroatoms. The Labute approximate surface area is 179 Å². The Morgan fingerprint density at radius 1 is 1.17 bits per heavy atom. The quantitative estimate of drug-likeness (QED) is 0.274. The summed E-state index contributed by atoms with van der Waals surface area (Å²) in [7, 11) is 0. The minimum atomic E-state index is -1.09. The van der Waals surface area contributed by atoms with Gasteiger partial charge in [0.25, 0.3) is 0 Å². The van der Waals surface area contributed by atoms with Crippen LogP contribution in [0, 0.1) is 0 Å². The van der Waals surface area contributed by atoms with Crippen molar-refractivity contribution in [3.05, 3.63) is 69.9 Å². The molecule has 0 aliphatic rings. The van der Waals surface area contributed by atoms with E-state index in [0.717, 1.165) is 10.2 Å². The Morgan fingerprint density at radius 2 is 2.00 bits per heavy atom. The predicted octanol–water partition coefficient (Wildman–Crippen LogP) is 6.40. The summed E-state index contributed by atoms with van der Waals surface area (Å²) in [6.07, 6.45) is 0. The number of benzene rings is 2. The van der Waals surface area contributed by atoms with Crippen molar-refractivity contribution >= 4 is 61.6 Å². The van der Waals surface area contributed by atoms with Crippen molar-refractivity contribution in [3.63, 3.8) is 0 Å². The summed E-state index contributed by atoms with van der Waals surface area (Å²) < 4.78 is 6.79. The van der Waals surface area contributed by atoms with Crippen LogP contribution in [0.4, 0.5) is 5.13 Å². The van der Waals surface area contributed by atoms with Gasteiger partial charge in [-0.25, -0.2) is 9.78 Å². The largest absolute Gasteiger partial charge is 0.478 e. The highest BCUT2D eigenvalue weighted by atomic mass is 35.5. The molecule has 0 unspecified atom stereocenters. The predicted molar refractivity (Wildman–Crippen MR) is 117 cm³/mol. The molecule has 2 aromatic carbocycles. The Bertz CT molecular complexity index is 1260. The first-order valence-corrected chi connectivity index (χ1v) is 9.98. The summed E-state index contributed by atoms with van der Waals surface area (Å²) in [6.45, 7) is 1.80. The van der Waals surface area contributed by atoms with Gasteiger partial charge in [-0.05, 0) is 55.5 Å². The summed E-state index contributed by atoms with van der Waals surface area (Å²) in [5, 5.41) is 15.0. The minimum Gasteiger partial charge on any atom is -0.478 e. The average molecular weight is 446 g/mol. The number of hydrogen-bond acceptors (Lipinski definition) is 6. The van der Waals surface area contributed by atoms with E-state index in [-0.39, 0.29) is 10.6 Å². The van der Waals surface area contributed by atoms with Crippen LogP contribution in [0.25, 0.3) is 21.5 Å². The maximum absolute atomic E-state index is 11.3. The molecule has 0 aliphatic carbocycles. The van der Waals surface area contributed by atoms with Gasteiger partial charge < -0.3 is 9.52 Å². The molecule has 0 bridgehead atoms. The second-order valence-corrected chi connectivity index (χ2v) is 7.98. The van der Waals surface area contributed by atoms with Gasteiger partial charge >= 0.3 is 5.97 Å². The molecule has 146 valence electrons. The number of hydrazone groups is 1. The number of carboxylic acids is 1. The number of fused-ring (bicyclic) bond motifs is 1. The Morgan fingerprint density at radius 3 is 2.79 bits per heavy atom. The third kappa shape index (κ3) is 4.12. The van der Waals surface area contributed by atoms with E-state index in [1.807, 2.05) is 12.1 Å². The molecule has 0 atom stereocenters. The maximum Gasteiger partial charge on any atom is 0.337 e. The van der Waals surface area contributed by atoms with Gasteiger partial charge in [0.05, 0.1) is 20.8 Å². The first-order valence-electron chi connectivity index (χ1n) is 8.40. The number of aromatic carboxylic acids is 1. The zero-order chi connectivity index (χ0) is 20.5. The van der Waals surface area contributed by atoms with Crippen molar-refractivity contribution in [1.29, 1.82) is 0 Å². The van der Waals surface area contributed by atoms with Crippen LogP contribution in [0.1, 0.15) is 23.0 Å². The van der Waals surface area contributed by atoms with Crippen LogP contribution in [0.15, 0.2) is 58.0 Å². The molecule has 0 spiro atoms. The smallest absolute Gasteiger partial charge is 0.337 e. The lowest BCUT2D eigenvalue weighted by Crippen LogP contribution is -1.98. The van der Waals surface area contributed by atoms with E-state index < -0.39 is 5.97 Å². The van der Waals surface area contributed by atoms with Crippen LogP contribution >= 0.6 is 34.5 Å². The number of rotatable bonds is 5. The molecule has 0 radical (unpaired) electrons. The lowest BCUT2D eigenvalue weighted by Gasteiger charge is -2.02. The van der Waals surface area contributed by atoms with Crippen LogP contribution < -0.4 is 5.43 Å². The average Bonchev–Trinajstić information content (AvgIpc) is 3.33. The lowest BCUT2D eigenvalue weighted by molar-refractivity contribution is 0.0697. The Hall–Kier alpha value is -2.87. The van der Waals surface area contributed by atoms with Crippen LogP contribution in [-0.4, -0.2) is 21.8 Å². The molecule has 0 saturated carbocycles. The minimum absolute atomic E-state index is 0.0186. The van der Waals surface area contributed by atoms with Gasteiger partial charge in [0.1, 0.15) is 11.5 Å². The molecular weight excluding hydrogens is 433 g/mol. The van der Waals surface area contributed by atoms with Gasteiger partial charge in [-0.1, -0.05) is 34.5 Å². The molecule has 6 nitrogen and oxygen atoms in total.